The van der Waals surface area contributed by atoms with E-state index in [2.05, 4.69) is 15.5 Å². The number of rotatable bonds is 6. The number of aromatic nitrogens is 4. The minimum Gasteiger partial charge on any atom is -0.461 e. The Kier molecular flexibility index (Phi) is 5.74. The number of hydrogen-bond donors (Lipinski definition) is 1. The molecule has 2 heterocycles. The summed E-state index contributed by atoms with van der Waals surface area (Å²) in [6, 6.07) is 7.30. The first-order valence-electron chi connectivity index (χ1n) is 8.37. The number of nitrogens with zero attached hydrogens (tertiary/aromatic N) is 4. The van der Waals surface area contributed by atoms with Crippen molar-refractivity contribution in [3.8, 4) is 0 Å². The maximum Gasteiger partial charge on any atom is 0.356 e. The molecular weight excluding hydrogens is 389 g/mol. The van der Waals surface area contributed by atoms with Crippen LogP contribution < -0.4 is 5.32 Å². The first-order chi connectivity index (χ1) is 13.4. The van der Waals surface area contributed by atoms with Crippen LogP contribution in [-0.4, -0.2) is 38.0 Å². The third kappa shape index (κ3) is 4.37. The summed E-state index contributed by atoms with van der Waals surface area (Å²) in [5.74, 6) is -1.32. The summed E-state index contributed by atoms with van der Waals surface area (Å²) >= 11 is 6.14. The number of ether oxygens (including phenoxy) is 1. The summed E-state index contributed by atoms with van der Waals surface area (Å²) in [5.41, 5.74) is 0.997. The SMILES string of the molecule is CCOC(=O)c1cc(C(=O)Nc2nn(Cc3ccc(F)cc3)cc2Cl)nn1C. The predicted octanol–water partition coefficient (Wildman–Crippen LogP) is 2.89. The van der Waals surface area contributed by atoms with Gasteiger partial charge in [-0.3, -0.25) is 14.2 Å². The number of nitrogens with one attached hydrogen (secondary N) is 1. The monoisotopic (exact) mass is 405 g/mol. The molecule has 10 heteroatoms. The first-order valence-corrected chi connectivity index (χ1v) is 8.75. The van der Waals surface area contributed by atoms with E-state index in [1.54, 1.807) is 25.3 Å². The molecule has 3 aromatic rings. The molecule has 0 aliphatic rings. The van der Waals surface area contributed by atoms with Gasteiger partial charge in [0.25, 0.3) is 5.91 Å². The topological polar surface area (TPSA) is 91.0 Å². The van der Waals surface area contributed by atoms with Crippen LogP contribution in [0.15, 0.2) is 36.5 Å². The molecule has 0 atom stereocenters. The second-order valence-electron chi connectivity index (χ2n) is 5.86. The average Bonchev–Trinajstić information content (AvgIpc) is 3.20. The molecule has 28 heavy (non-hydrogen) atoms. The highest BCUT2D eigenvalue weighted by molar-refractivity contribution is 6.33. The smallest absolute Gasteiger partial charge is 0.356 e. The zero-order chi connectivity index (χ0) is 20.3. The van der Waals surface area contributed by atoms with Crippen LogP contribution >= 0.6 is 11.6 Å². The van der Waals surface area contributed by atoms with Gasteiger partial charge < -0.3 is 10.1 Å². The molecule has 0 fully saturated rings. The van der Waals surface area contributed by atoms with E-state index < -0.39 is 11.9 Å². The zero-order valence-electron chi connectivity index (χ0n) is 15.1. The second-order valence-corrected chi connectivity index (χ2v) is 6.27. The molecule has 0 saturated carbocycles. The summed E-state index contributed by atoms with van der Waals surface area (Å²) in [5, 5.41) is 11.0. The van der Waals surface area contributed by atoms with Gasteiger partial charge in [0.2, 0.25) is 0 Å². The fraction of sp³-hybridized carbons (Fsp3) is 0.222. The molecule has 3 rings (SSSR count). The predicted molar refractivity (Wildman–Crippen MR) is 99.9 cm³/mol. The summed E-state index contributed by atoms with van der Waals surface area (Å²) in [6.07, 6.45) is 1.54. The highest BCUT2D eigenvalue weighted by Crippen LogP contribution is 2.21. The number of halogens is 2. The molecule has 0 unspecified atom stereocenters. The van der Waals surface area contributed by atoms with E-state index in [-0.39, 0.29) is 34.7 Å². The lowest BCUT2D eigenvalue weighted by Crippen LogP contribution is -2.14. The van der Waals surface area contributed by atoms with Crippen molar-refractivity contribution < 1.29 is 18.7 Å². The third-order valence-corrected chi connectivity index (χ3v) is 4.08. The fourth-order valence-corrected chi connectivity index (χ4v) is 2.68. The van der Waals surface area contributed by atoms with Crippen molar-refractivity contribution in [1.82, 2.24) is 19.6 Å². The van der Waals surface area contributed by atoms with E-state index in [1.165, 1.54) is 34.6 Å². The molecule has 0 aliphatic carbocycles. The van der Waals surface area contributed by atoms with Crippen molar-refractivity contribution in [1.29, 1.82) is 0 Å². The van der Waals surface area contributed by atoms with Gasteiger partial charge in [-0.15, -0.1) is 0 Å². The molecule has 0 saturated heterocycles. The van der Waals surface area contributed by atoms with Crippen LogP contribution in [0.5, 0.6) is 0 Å². The van der Waals surface area contributed by atoms with Crippen LogP contribution in [0.2, 0.25) is 5.02 Å². The summed E-state index contributed by atoms with van der Waals surface area (Å²) < 4.78 is 20.7. The fourth-order valence-electron chi connectivity index (χ4n) is 2.49. The lowest BCUT2D eigenvalue weighted by molar-refractivity contribution is 0.0513. The minimum atomic E-state index is -0.571. The molecule has 8 nitrogen and oxygen atoms in total. The van der Waals surface area contributed by atoms with Gasteiger partial charge in [0.15, 0.2) is 11.5 Å². The van der Waals surface area contributed by atoms with E-state index in [0.29, 0.717) is 6.54 Å². The number of anilines is 1. The van der Waals surface area contributed by atoms with E-state index in [4.69, 9.17) is 16.3 Å². The van der Waals surface area contributed by atoms with Gasteiger partial charge in [-0.05, 0) is 24.6 Å². The number of carbonyl (C=O) groups excluding carboxylic acids is 2. The molecule has 146 valence electrons. The van der Waals surface area contributed by atoms with Gasteiger partial charge in [0.05, 0.1) is 13.2 Å². The van der Waals surface area contributed by atoms with E-state index in [9.17, 15) is 14.0 Å². The Bertz CT molecular complexity index is 1010. The third-order valence-electron chi connectivity index (χ3n) is 3.80. The Morgan fingerprint density at radius 3 is 2.64 bits per heavy atom. The van der Waals surface area contributed by atoms with Crippen LogP contribution in [0.3, 0.4) is 0 Å². The number of hydrogen-bond acceptors (Lipinski definition) is 5. The Balaban J connectivity index is 1.72. The molecule has 1 N–H and O–H groups in total. The van der Waals surface area contributed by atoms with Gasteiger partial charge in [-0.2, -0.15) is 10.2 Å². The van der Waals surface area contributed by atoms with Crippen LogP contribution in [0.1, 0.15) is 33.5 Å². The van der Waals surface area contributed by atoms with Gasteiger partial charge in [0, 0.05) is 19.3 Å². The largest absolute Gasteiger partial charge is 0.461 e. The molecule has 2 aromatic heterocycles. The van der Waals surface area contributed by atoms with Gasteiger partial charge in [0.1, 0.15) is 16.5 Å². The Labute approximate surface area is 164 Å². The molecule has 0 radical (unpaired) electrons. The van der Waals surface area contributed by atoms with Crippen molar-refractivity contribution in [2.75, 3.05) is 11.9 Å². The van der Waals surface area contributed by atoms with E-state index in [0.717, 1.165) is 5.56 Å². The van der Waals surface area contributed by atoms with Crippen molar-refractivity contribution >= 4 is 29.3 Å². The Morgan fingerprint density at radius 2 is 1.96 bits per heavy atom. The van der Waals surface area contributed by atoms with Gasteiger partial charge in [-0.25, -0.2) is 9.18 Å². The Hall–Kier alpha value is -3.20. The molecule has 0 aliphatic heterocycles. The van der Waals surface area contributed by atoms with E-state index in [1.807, 2.05) is 0 Å². The summed E-state index contributed by atoms with van der Waals surface area (Å²) in [7, 11) is 1.54. The van der Waals surface area contributed by atoms with Gasteiger partial charge >= 0.3 is 5.97 Å². The van der Waals surface area contributed by atoms with Crippen LogP contribution in [0.25, 0.3) is 0 Å². The zero-order valence-corrected chi connectivity index (χ0v) is 15.9. The molecular formula is C18H17ClFN5O3. The minimum absolute atomic E-state index is 0.0229. The van der Waals surface area contributed by atoms with Crippen LogP contribution in [0.4, 0.5) is 10.2 Å². The lowest BCUT2D eigenvalue weighted by Gasteiger charge is -2.02. The van der Waals surface area contributed by atoms with Crippen molar-refractivity contribution in [2.24, 2.45) is 7.05 Å². The van der Waals surface area contributed by atoms with Gasteiger partial charge in [-0.1, -0.05) is 23.7 Å². The molecule has 1 amide bonds. The molecule has 1 aromatic carbocycles. The van der Waals surface area contributed by atoms with Crippen molar-refractivity contribution in [3.05, 3.63) is 64.3 Å². The standard InChI is InChI=1S/C18H17ClFN5O3/c1-3-28-18(27)15-8-14(22-24(15)2)17(26)21-16-13(19)10-25(23-16)9-11-4-6-12(20)7-5-11/h4-8,10H,3,9H2,1-2H3,(H,21,23,26). The van der Waals surface area contributed by atoms with E-state index >= 15 is 0 Å². The van der Waals surface area contributed by atoms with Crippen molar-refractivity contribution in [3.63, 3.8) is 0 Å². The number of esters is 1. The number of benzene rings is 1. The number of aryl methyl sites for hydroxylation is 1. The normalized spacial score (nSPS) is 10.7. The van der Waals surface area contributed by atoms with Crippen molar-refractivity contribution in [2.45, 2.75) is 13.5 Å². The van der Waals surface area contributed by atoms with Crippen LogP contribution in [0, 0.1) is 5.82 Å². The number of amides is 1. The first kappa shape index (κ1) is 19.6. The highest BCUT2D eigenvalue weighted by Gasteiger charge is 2.20. The summed E-state index contributed by atoms with van der Waals surface area (Å²) in [6.45, 7) is 2.26. The Morgan fingerprint density at radius 1 is 1.25 bits per heavy atom. The average molecular weight is 406 g/mol. The molecule has 0 spiro atoms. The maximum absolute atomic E-state index is 13.0. The maximum atomic E-state index is 13.0. The quantitative estimate of drug-likeness (QED) is 0.637. The molecule has 0 bridgehead atoms. The second kappa shape index (κ2) is 8.22. The van der Waals surface area contributed by atoms with Crippen LogP contribution in [-0.2, 0) is 18.3 Å². The summed E-state index contributed by atoms with van der Waals surface area (Å²) in [4.78, 5) is 24.3. The lowest BCUT2D eigenvalue weighted by atomic mass is 10.2. The highest BCUT2D eigenvalue weighted by atomic mass is 35.5. The number of carbonyl (C=O) groups is 2.